The minimum atomic E-state index is -4.55. The van der Waals surface area contributed by atoms with Crippen LogP contribution in [-0.4, -0.2) is 62.1 Å². The maximum absolute atomic E-state index is 13.5. The van der Waals surface area contributed by atoms with Crippen LogP contribution in [0.2, 0.25) is 0 Å². The molecule has 0 aliphatic carbocycles. The van der Waals surface area contributed by atoms with E-state index in [-0.39, 0.29) is 44.1 Å². The maximum Gasteiger partial charge on any atom is 0.416 e. The van der Waals surface area contributed by atoms with Gasteiger partial charge in [0.25, 0.3) is 0 Å². The van der Waals surface area contributed by atoms with Gasteiger partial charge in [-0.3, -0.25) is 14.4 Å². The summed E-state index contributed by atoms with van der Waals surface area (Å²) in [6.07, 6.45) is -4.09. The van der Waals surface area contributed by atoms with E-state index in [9.17, 15) is 27.6 Å². The Bertz CT molecular complexity index is 1350. The van der Waals surface area contributed by atoms with Crippen LogP contribution in [0.25, 0.3) is 10.4 Å². The minimum absolute atomic E-state index is 0.0175. The standard InChI is InChI=1S/C30H38F3N7O4/c1-18(2)26-29(43)38-24(17-37-40-34)27(41)36-16-19(3)13-21-8-4-5-10-25(21)44-12-11-35-23(28(42)39-26)15-20-7-6-9-22(14-20)30(31,32)33/h4-10,14,18-19,23-24,26,35H,11-13,15-17H2,1-3H3,(H,36,41)(H,38,43)(H,39,42)/t19-,23+,24-,26+/m0/s1. The molecule has 0 radical (unpaired) electrons. The molecule has 0 saturated carbocycles. The van der Waals surface area contributed by atoms with E-state index in [0.29, 0.717) is 12.2 Å². The van der Waals surface area contributed by atoms with Gasteiger partial charge in [0, 0.05) is 18.0 Å². The number of hydrogen-bond acceptors (Lipinski definition) is 6. The molecule has 14 heteroatoms. The van der Waals surface area contributed by atoms with Crippen LogP contribution < -0.4 is 26.0 Å². The molecule has 0 saturated heterocycles. The molecule has 0 fully saturated rings. The summed E-state index contributed by atoms with van der Waals surface area (Å²) in [5.41, 5.74) is 9.16. The Morgan fingerprint density at radius 3 is 2.48 bits per heavy atom. The van der Waals surface area contributed by atoms with Crippen molar-refractivity contribution in [1.29, 1.82) is 0 Å². The van der Waals surface area contributed by atoms with Crippen LogP contribution in [-0.2, 0) is 33.4 Å². The number of carbonyl (C=O) groups excluding carboxylic acids is 3. The number of azide groups is 1. The number of alkyl halides is 3. The summed E-state index contributed by atoms with van der Waals surface area (Å²) < 4.78 is 46.1. The third-order valence-corrected chi connectivity index (χ3v) is 7.13. The van der Waals surface area contributed by atoms with Crippen molar-refractivity contribution in [2.45, 2.75) is 57.9 Å². The lowest BCUT2D eigenvalue weighted by atomic mass is 9.99. The second-order valence-electron chi connectivity index (χ2n) is 11.1. The van der Waals surface area contributed by atoms with E-state index in [1.54, 1.807) is 13.8 Å². The molecule has 4 atom stereocenters. The van der Waals surface area contributed by atoms with Gasteiger partial charge in [0.2, 0.25) is 17.7 Å². The third-order valence-electron chi connectivity index (χ3n) is 7.13. The highest BCUT2D eigenvalue weighted by Crippen LogP contribution is 2.30. The Morgan fingerprint density at radius 1 is 1.02 bits per heavy atom. The van der Waals surface area contributed by atoms with Crippen molar-refractivity contribution < 1.29 is 32.3 Å². The van der Waals surface area contributed by atoms with Crippen LogP contribution in [0.15, 0.2) is 53.6 Å². The fourth-order valence-corrected chi connectivity index (χ4v) is 4.78. The van der Waals surface area contributed by atoms with Crippen LogP contribution >= 0.6 is 0 Å². The number of hydrogen-bond donors (Lipinski definition) is 4. The molecule has 3 rings (SSSR count). The van der Waals surface area contributed by atoms with Crippen molar-refractivity contribution >= 4 is 17.7 Å². The van der Waals surface area contributed by atoms with Crippen LogP contribution in [0.4, 0.5) is 13.2 Å². The number of rotatable bonds is 5. The van der Waals surface area contributed by atoms with E-state index >= 15 is 0 Å². The smallest absolute Gasteiger partial charge is 0.416 e. The predicted octanol–water partition coefficient (Wildman–Crippen LogP) is 3.53. The molecule has 3 amide bonds. The number of fused-ring (bicyclic) bond motifs is 1. The Balaban J connectivity index is 1.93. The molecule has 238 valence electrons. The molecule has 2 aromatic carbocycles. The zero-order valence-corrected chi connectivity index (χ0v) is 24.9. The average molecular weight is 618 g/mol. The Labute approximate surface area is 253 Å². The lowest BCUT2D eigenvalue weighted by molar-refractivity contribution is -0.137. The number of amides is 3. The second kappa shape index (κ2) is 16.0. The zero-order chi connectivity index (χ0) is 32.3. The van der Waals surface area contributed by atoms with Gasteiger partial charge in [0.05, 0.1) is 18.2 Å². The predicted molar refractivity (Wildman–Crippen MR) is 157 cm³/mol. The highest BCUT2D eigenvalue weighted by molar-refractivity contribution is 5.93. The van der Waals surface area contributed by atoms with Crippen molar-refractivity contribution in [3.05, 3.63) is 75.7 Å². The number of benzene rings is 2. The van der Waals surface area contributed by atoms with Gasteiger partial charge in [-0.2, -0.15) is 13.2 Å². The van der Waals surface area contributed by atoms with Crippen LogP contribution in [0.1, 0.15) is 37.5 Å². The van der Waals surface area contributed by atoms with Gasteiger partial charge in [-0.05, 0) is 53.5 Å². The molecule has 0 aromatic heterocycles. The van der Waals surface area contributed by atoms with Gasteiger partial charge in [-0.1, -0.05) is 62.3 Å². The average Bonchev–Trinajstić information content (AvgIpc) is 2.97. The first-order chi connectivity index (χ1) is 20.9. The summed E-state index contributed by atoms with van der Waals surface area (Å²) >= 11 is 0. The first-order valence-electron chi connectivity index (χ1n) is 14.4. The summed E-state index contributed by atoms with van der Waals surface area (Å²) in [5.74, 6) is -1.67. The number of nitrogens with zero attached hydrogens (tertiary/aromatic N) is 3. The van der Waals surface area contributed by atoms with Crippen molar-refractivity contribution in [2.75, 3.05) is 26.2 Å². The van der Waals surface area contributed by atoms with Gasteiger partial charge in [-0.25, -0.2) is 0 Å². The molecule has 1 heterocycles. The molecule has 1 aliphatic heterocycles. The molecule has 2 aromatic rings. The largest absolute Gasteiger partial charge is 0.492 e. The summed E-state index contributed by atoms with van der Waals surface area (Å²) in [7, 11) is 0. The van der Waals surface area contributed by atoms with Crippen molar-refractivity contribution in [3.8, 4) is 5.75 Å². The molecule has 0 bridgehead atoms. The quantitative estimate of drug-likeness (QED) is 0.229. The summed E-state index contributed by atoms with van der Waals surface area (Å²) in [6, 6.07) is 8.79. The van der Waals surface area contributed by atoms with E-state index in [2.05, 4.69) is 31.3 Å². The highest BCUT2D eigenvalue weighted by atomic mass is 19.4. The molecule has 4 N–H and O–H groups in total. The number of halogens is 3. The van der Waals surface area contributed by atoms with Crippen LogP contribution in [0, 0.1) is 11.8 Å². The first kappa shape index (κ1) is 34.2. The van der Waals surface area contributed by atoms with Crippen molar-refractivity contribution in [3.63, 3.8) is 0 Å². The molecule has 0 spiro atoms. The highest BCUT2D eigenvalue weighted by Gasteiger charge is 2.33. The fraction of sp³-hybridized carbons (Fsp3) is 0.500. The molecular weight excluding hydrogens is 579 g/mol. The van der Waals surface area contributed by atoms with Crippen LogP contribution in [0.5, 0.6) is 5.75 Å². The number of para-hydroxylation sites is 1. The topological polar surface area (TPSA) is 157 Å². The molecular formula is C30H38F3N7O4. The molecule has 11 nitrogen and oxygen atoms in total. The minimum Gasteiger partial charge on any atom is -0.492 e. The zero-order valence-electron chi connectivity index (χ0n) is 24.9. The van der Waals surface area contributed by atoms with Crippen molar-refractivity contribution in [1.82, 2.24) is 21.3 Å². The summed E-state index contributed by atoms with van der Waals surface area (Å²) in [6.45, 7) is 5.60. The lowest BCUT2D eigenvalue weighted by Crippen LogP contribution is -2.59. The van der Waals surface area contributed by atoms with E-state index in [0.717, 1.165) is 17.7 Å². The van der Waals surface area contributed by atoms with Gasteiger partial charge in [0.1, 0.15) is 24.4 Å². The molecule has 1 aliphatic rings. The van der Waals surface area contributed by atoms with Gasteiger partial charge in [-0.15, -0.1) is 0 Å². The van der Waals surface area contributed by atoms with E-state index in [4.69, 9.17) is 10.3 Å². The summed E-state index contributed by atoms with van der Waals surface area (Å²) in [4.78, 5) is 42.6. The normalized spacial score (nSPS) is 22.7. The number of nitrogens with one attached hydrogen (secondary N) is 4. The Morgan fingerprint density at radius 2 is 1.77 bits per heavy atom. The fourth-order valence-electron chi connectivity index (χ4n) is 4.78. The lowest BCUT2D eigenvalue weighted by Gasteiger charge is -2.27. The van der Waals surface area contributed by atoms with Crippen LogP contribution in [0.3, 0.4) is 0 Å². The molecule has 44 heavy (non-hydrogen) atoms. The number of carbonyl (C=O) groups is 3. The van der Waals surface area contributed by atoms with Gasteiger partial charge in [0.15, 0.2) is 0 Å². The Hall–Kier alpha value is -4.29. The molecule has 0 unspecified atom stereocenters. The van der Waals surface area contributed by atoms with E-state index < -0.39 is 53.5 Å². The van der Waals surface area contributed by atoms with Crippen molar-refractivity contribution in [2.24, 2.45) is 17.0 Å². The van der Waals surface area contributed by atoms with E-state index in [1.165, 1.54) is 12.1 Å². The van der Waals surface area contributed by atoms with Gasteiger partial charge < -0.3 is 26.0 Å². The second-order valence-corrected chi connectivity index (χ2v) is 11.1. The summed E-state index contributed by atoms with van der Waals surface area (Å²) in [5, 5.41) is 14.6. The monoisotopic (exact) mass is 617 g/mol. The number of ether oxygens (including phenoxy) is 1. The van der Waals surface area contributed by atoms with E-state index in [1.807, 2.05) is 31.2 Å². The SMILES string of the molecule is CC(C)[C@H]1NC(=O)[C@@H](Cc2cccc(C(F)(F)F)c2)NCCOc2ccccc2C[C@H](C)CNC(=O)[C@H](CN=[N+]=[N-])NC1=O. The van der Waals surface area contributed by atoms with Gasteiger partial charge >= 0.3 is 6.18 Å². The first-order valence-corrected chi connectivity index (χ1v) is 14.4. The Kier molecular flexibility index (Phi) is 12.4. The maximum atomic E-state index is 13.5. The third kappa shape index (κ3) is 10.2.